The van der Waals surface area contributed by atoms with Crippen molar-refractivity contribution in [2.45, 2.75) is 32.8 Å². The quantitative estimate of drug-likeness (QED) is 0.394. The van der Waals surface area contributed by atoms with Crippen LogP contribution >= 0.6 is 12.6 Å². The molecule has 0 heterocycles. The number of esters is 1. The lowest BCUT2D eigenvalue weighted by Crippen LogP contribution is -2.32. The fourth-order valence-corrected chi connectivity index (χ4v) is 0.883. The van der Waals surface area contributed by atoms with Gasteiger partial charge in [0.15, 0.2) is 11.2 Å². The van der Waals surface area contributed by atoms with Gasteiger partial charge < -0.3 is 9.84 Å². The van der Waals surface area contributed by atoms with E-state index in [0.717, 1.165) is 12.8 Å². The smallest absolute Gasteiger partial charge is 0.335 e. The van der Waals surface area contributed by atoms with Crippen LogP contribution in [-0.4, -0.2) is 28.9 Å². The maximum Gasteiger partial charge on any atom is 0.335 e. The molecule has 0 fully saturated rings. The third-order valence-electron chi connectivity index (χ3n) is 1.85. The molecule has 0 bridgehead atoms. The van der Waals surface area contributed by atoms with E-state index in [1.165, 1.54) is 6.92 Å². The topological polar surface area (TPSA) is 63.6 Å². The fraction of sp³-hybridized carbons (Fsp3) is 0.778. The van der Waals surface area contributed by atoms with Crippen LogP contribution < -0.4 is 0 Å². The highest BCUT2D eigenvalue weighted by atomic mass is 32.1. The van der Waals surface area contributed by atoms with Crippen LogP contribution in [0.3, 0.4) is 0 Å². The van der Waals surface area contributed by atoms with Gasteiger partial charge in [0.2, 0.25) is 0 Å². The van der Waals surface area contributed by atoms with Gasteiger partial charge in [-0.25, -0.2) is 4.79 Å². The molecule has 0 aliphatic rings. The molecule has 0 amide bonds. The number of rotatable bonds is 6. The van der Waals surface area contributed by atoms with Crippen molar-refractivity contribution < 1.29 is 19.4 Å². The highest BCUT2D eigenvalue weighted by molar-refractivity contribution is 7.96. The average molecular weight is 220 g/mol. The minimum atomic E-state index is -1.41. The molecule has 2 atom stereocenters. The molecule has 0 aromatic heterocycles. The van der Waals surface area contributed by atoms with Gasteiger partial charge in [-0.2, -0.15) is 0 Å². The first-order chi connectivity index (χ1) is 6.50. The number of carbonyl (C=O) groups excluding carboxylic acids is 2. The van der Waals surface area contributed by atoms with Crippen LogP contribution in [0.4, 0.5) is 0 Å². The summed E-state index contributed by atoms with van der Waals surface area (Å²) in [7, 11) is 0. The Balaban J connectivity index is 3.92. The van der Waals surface area contributed by atoms with Crippen molar-refractivity contribution in [2.24, 2.45) is 5.92 Å². The first kappa shape index (κ1) is 13.4. The van der Waals surface area contributed by atoms with Gasteiger partial charge in [-0.3, -0.25) is 4.79 Å². The summed E-state index contributed by atoms with van der Waals surface area (Å²) in [6.07, 6.45) is 0.253. The predicted molar refractivity (Wildman–Crippen MR) is 55.0 cm³/mol. The van der Waals surface area contributed by atoms with Crippen LogP contribution in [0.25, 0.3) is 0 Å². The van der Waals surface area contributed by atoms with Gasteiger partial charge in [0, 0.05) is 0 Å². The van der Waals surface area contributed by atoms with Gasteiger partial charge in [0.25, 0.3) is 0 Å². The second-order valence-corrected chi connectivity index (χ2v) is 3.53. The molecule has 82 valence electrons. The zero-order valence-corrected chi connectivity index (χ0v) is 9.29. The number of hydrogen-bond acceptors (Lipinski definition) is 4. The van der Waals surface area contributed by atoms with Crippen LogP contribution in [0.15, 0.2) is 0 Å². The third kappa shape index (κ3) is 4.62. The molecular weight excluding hydrogens is 204 g/mol. The Kier molecular flexibility index (Phi) is 6.57. The first-order valence-corrected chi connectivity index (χ1v) is 5.03. The Bertz CT molecular complexity index is 205. The maximum atomic E-state index is 11.1. The molecule has 0 saturated heterocycles. The maximum absolute atomic E-state index is 11.1. The summed E-state index contributed by atoms with van der Waals surface area (Å²) >= 11 is 3.53. The molecule has 1 N–H and O–H groups in total. The molecule has 0 aromatic rings. The van der Waals surface area contributed by atoms with Crippen LogP contribution in [-0.2, 0) is 14.3 Å². The van der Waals surface area contributed by atoms with E-state index >= 15 is 0 Å². The Morgan fingerprint density at radius 1 is 1.50 bits per heavy atom. The van der Waals surface area contributed by atoms with E-state index in [1.807, 2.05) is 6.92 Å². The van der Waals surface area contributed by atoms with Gasteiger partial charge >= 0.3 is 5.97 Å². The Morgan fingerprint density at radius 3 is 2.50 bits per heavy atom. The van der Waals surface area contributed by atoms with Gasteiger partial charge in [0.1, 0.15) is 0 Å². The third-order valence-corrected chi connectivity index (χ3v) is 2.25. The van der Waals surface area contributed by atoms with Gasteiger partial charge in [-0.1, -0.05) is 20.3 Å². The fourth-order valence-electron chi connectivity index (χ4n) is 0.742. The number of unbranched alkanes of at least 4 members (excludes halogenated alkanes) is 1. The van der Waals surface area contributed by atoms with Crippen LogP contribution in [0, 0.1) is 5.92 Å². The second kappa shape index (κ2) is 6.84. The van der Waals surface area contributed by atoms with Crippen LogP contribution in [0.1, 0.15) is 26.7 Å². The molecule has 0 aliphatic heterocycles. The number of aliphatic hydroxyl groups is 1. The van der Waals surface area contributed by atoms with Crippen molar-refractivity contribution >= 4 is 23.7 Å². The lowest BCUT2D eigenvalue weighted by molar-refractivity contribution is -0.157. The monoisotopic (exact) mass is 220 g/mol. The van der Waals surface area contributed by atoms with Crippen LogP contribution in [0.2, 0.25) is 0 Å². The van der Waals surface area contributed by atoms with E-state index in [-0.39, 0.29) is 6.61 Å². The molecule has 4 nitrogen and oxygen atoms in total. The standard InChI is InChI=1S/C9H16O4S/c1-3-4-5-13-8(11)7(10)6(2)9(12)14/h6-7,10H,3-5H2,1-2H3,(H,12,14). The number of aliphatic hydroxyl groups excluding tert-OH is 1. The molecular formula is C9H16O4S. The second-order valence-electron chi connectivity index (χ2n) is 3.09. The lowest BCUT2D eigenvalue weighted by Gasteiger charge is -2.14. The van der Waals surface area contributed by atoms with E-state index in [4.69, 9.17) is 4.74 Å². The SMILES string of the molecule is CCCCOC(=O)C(O)C(C)C(=O)S. The number of ether oxygens (including phenoxy) is 1. The van der Waals surface area contributed by atoms with Crippen LogP contribution in [0.5, 0.6) is 0 Å². The zero-order valence-electron chi connectivity index (χ0n) is 8.40. The van der Waals surface area contributed by atoms with Gasteiger partial charge in [-0.15, -0.1) is 12.6 Å². The minimum Gasteiger partial charge on any atom is -0.464 e. The van der Waals surface area contributed by atoms with E-state index in [1.54, 1.807) is 0 Å². The summed E-state index contributed by atoms with van der Waals surface area (Å²) in [4.78, 5) is 21.8. The molecule has 0 spiro atoms. The predicted octanol–water partition coefficient (Wildman–Crippen LogP) is 0.783. The Labute approximate surface area is 89.0 Å². The van der Waals surface area contributed by atoms with E-state index in [0.29, 0.717) is 0 Å². The largest absolute Gasteiger partial charge is 0.464 e. The first-order valence-electron chi connectivity index (χ1n) is 4.58. The van der Waals surface area contributed by atoms with Crippen molar-refractivity contribution in [3.8, 4) is 0 Å². The number of thiol groups is 1. The molecule has 14 heavy (non-hydrogen) atoms. The van der Waals surface area contributed by atoms with E-state index in [2.05, 4.69) is 12.6 Å². The summed E-state index contributed by atoms with van der Waals surface area (Å²) in [5.74, 6) is -1.58. The van der Waals surface area contributed by atoms with Crippen molar-refractivity contribution in [1.29, 1.82) is 0 Å². The molecule has 0 rings (SSSR count). The highest BCUT2D eigenvalue weighted by Crippen LogP contribution is 2.08. The minimum absolute atomic E-state index is 0.278. The Hall–Kier alpha value is -0.550. The van der Waals surface area contributed by atoms with Crippen molar-refractivity contribution in [3.05, 3.63) is 0 Å². The molecule has 0 aromatic carbocycles. The summed E-state index contributed by atoms with van der Waals surface area (Å²) in [6.45, 7) is 3.67. The van der Waals surface area contributed by atoms with E-state index in [9.17, 15) is 14.7 Å². The van der Waals surface area contributed by atoms with E-state index < -0.39 is 23.1 Å². The molecule has 0 saturated carbocycles. The summed E-state index contributed by atoms with van der Waals surface area (Å²) in [6, 6.07) is 0. The summed E-state index contributed by atoms with van der Waals surface area (Å²) in [5.41, 5.74) is 0. The highest BCUT2D eigenvalue weighted by Gasteiger charge is 2.27. The molecule has 2 unspecified atom stereocenters. The van der Waals surface area contributed by atoms with Gasteiger partial charge in [0.05, 0.1) is 12.5 Å². The van der Waals surface area contributed by atoms with Gasteiger partial charge in [-0.05, 0) is 6.42 Å². The van der Waals surface area contributed by atoms with Crippen molar-refractivity contribution in [1.82, 2.24) is 0 Å². The van der Waals surface area contributed by atoms with Crippen molar-refractivity contribution in [2.75, 3.05) is 6.61 Å². The average Bonchev–Trinajstić information content (AvgIpc) is 2.15. The zero-order chi connectivity index (χ0) is 11.1. The summed E-state index contributed by atoms with van der Waals surface area (Å²) < 4.78 is 4.74. The van der Waals surface area contributed by atoms with Crippen molar-refractivity contribution in [3.63, 3.8) is 0 Å². The lowest BCUT2D eigenvalue weighted by atomic mass is 10.1. The normalized spacial score (nSPS) is 14.6. The number of carbonyl (C=O) groups is 2. The molecule has 5 heteroatoms. The molecule has 0 radical (unpaired) electrons. The number of hydrogen-bond donors (Lipinski definition) is 2. The Morgan fingerprint density at radius 2 is 2.07 bits per heavy atom. The summed E-state index contributed by atoms with van der Waals surface area (Å²) in [5, 5.41) is 8.79. The molecule has 0 aliphatic carbocycles.